The third-order valence-corrected chi connectivity index (χ3v) is 5.47. The summed E-state index contributed by atoms with van der Waals surface area (Å²) < 4.78 is 25.9. The highest BCUT2D eigenvalue weighted by Gasteiger charge is 2.18. The van der Waals surface area contributed by atoms with E-state index in [0.29, 0.717) is 22.6 Å². The van der Waals surface area contributed by atoms with E-state index in [4.69, 9.17) is 5.73 Å². The van der Waals surface area contributed by atoms with Crippen molar-refractivity contribution in [2.75, 3.05) is 5.73 Å². The molecule has 3 rings (SSSR count). The standard InChI is InChI=1S/C19H18N6O4S/c1-11-21-8-14(9-22-11)16-10-23-19(20)18(24-16)17(27)7-13-3-5-15(6-4-13)30(28,29)25-12(2)26/h3-6,8-10H,7H2,1-2H3,(H2,20,23)(H,25,26). The smallest absolute Gasteiger partial charge is 0.264 e. The summed E-state index contributed by atoms with van der Waals surface area (Å²) in [5, 5.41) is 0. The van der Waals surface area contributed by atoms with Crippen molar-refractivity contribution >= 4 is 27.5 Å². The topological polar surface area (TPSA) is 158 Å². The van der Waals surface area contributed by atoms with Crippen LogP contribution in [0.15, 0.2) is 47.8 Å². The number of amides is 1. The van der Waals surface area contributed by atoms with Crippen LogP contribution in [0.1, 0.15) is 28.8 Å². The van der Waals surface area contributed by atoms with Crippen LogP contribution in [-0.4, -0.2) is 40.0 Å². The Bertz CT molecular complexity index is 1210. The number of nitrogens with one attached hydrogen (secondary N) is 1. The Balaban J connectivity index is 1.81. The summed E-state index contributed by atoms with van der Waals surface area (Å²) in [7, 11) is -3.94. The SMILES string of the molecule is CC(=O)NS(=O)(=O)c1ccc(CC(=O)c2nc(-c3cnc(C)nc3)cnc2N)cc1. The molecule has 0 bridgehead atoms. The van der Waals surface area contributed by atoms with Crippen LogP contribution in [0.4, 0.5) is 5.82 Å². The molecule has 10 nitrogen and oxygen atoms in total. The van der Waals surface area contributed by atoms with E-state index < -0.39 is 15.9 Å². The third kappa shape index (κ3) is 4.81. The van der Waals surface area contributed by atoms with Crippen molar-refractivity contribution in [1.82, 2.24) is 24.7 Å². The number of aromatic nitrogens is 4. The van der Waals surface area contributed by atoms with E-state index in [2.05, 4.69) is 19.9 Å². The number of carbonyl (C=O) groups is 2. The number of nitrogens with two attached hydrogens (primary N) is 1. The maximum atomic E-state index is 12.7. The monoisotopic (exact) mass is 426 g/mol. The molecule has 0 unspecified atom stereocenters. The van der Waals surface area contributed by atoms with Gasteiger partial charge < -0.3 is 5.73 Å². The van der Waals surface area contributed by atoms with Gasteiger partial charge in [-0.2, -0.15) is 0 Å². The molecule has 0 spiro atoms. The first-order chi connectivity index (χ1) is 14.2. The molecule has 1 amide bonds. The molecule has 0 aliphatic rings. The predicted molar refractivity (Wildman–Crippen MR) is 108 cm³/mol. The fraction of sp³-hybridized carbons (Fsp3) is 0.158. The third-order valence-electron chi connectivity index (χ3n) is 4.02. The van der Waals surface area contributed by atoms with Crippen LogP contribution in [0.3, 0.4) is 0 Å². The highest BCUT2D eigenvalue weighted by Crippen LogP contribution is 2.19. The van der Waals surface area contributed by atoms with Gasteiger partial charge in [0.15, 0.2) is 11.6 Å². The number of hydrogen-bond acceptors (Lipinski definition) is 9. The highest BCUT2D eigenvalue weighted by molar-refractivity contribution is 7.90. The molecule has 0 fully saturated rings. The predicted octanol–water partition coefficient (Wildman–Crippen LogP) is 1.07. The first-order valence-corrected chi connectivity index (χ1v) is 10.2. The zero-order valence-corrected chi connectivity index (χ0v) is 17.0. The van der Waals surface area contributed by atoms with Crippen LogP contribution in [0.25, 0.3) is 11.3 Å². The van der Waals surface area contributed by atoms with Crippen LogP contribution in [-0.2, 0) is 21.2 Å². The summed E-state index contributed by atoms with van der Waals surface area (Å²) in [6.45, 7) is 2.85. The summed E-state index contributed by atoms with van der Waals surface area (Å²) in [6, 6.07) is 5.58. The summed E-state index contributed by atoms with van der Waals surface area (Å²) in [5.74, 6) is -0.487. The number of aryl methyl sites for hydroxylation is 1. The van der Waals surface area contributed by atoms with Crippen molar-refractivity contribution in [3.63, 3.8) is 0 Å². The fourth-order valence-electron chi connectivity index (χ4n) is 2.57. The molecule has 0 saturated heterocycles. The average molecular weight is 426 g/mol. The lowest BCUT2D eigenvalue weighted by Gasteiger charge is -2.08. The van der Waals surface area contributed by atoms with E-state index in [-0.39, 0.29) is 28.6 Å². The normalized spacial score (nSPS) is 11.1. The number of rotatable bonds is 6. The Morgan fingerprint density at radius 1 is 1.03 bits per heavy atom. The summed E-state index contributed by atoms with van der Waals surface area (Å²) in [5.41, 5.74) is 7.38. The number of nitrogen functional groups attached to an aromatic ring is 1. The van der Waals surface area contributed by atoms with Gasteiger partial charge in [-0.25, -0.2) is 33.1 Å². The molecule has 2 heterocycles. The minimum Gasteiger partial charge on any atom is -0.382 e. The van der Waals surface area contributed by atoms with Crippen molar-refractivity contribution in [1.29, 1.82) is 0 Å². The minimum atomic E-state index is -3.94. The lowest BCUT2D eigenvalue weighted by molar-refractivity contribution is -0.117. The average Bonchev–Trinajstić information content (AvgIpc) is 2.68. The van der Waals surface area contributed by atoms with Gasteiger partial charge in [0.25, 0.3) is 10.0 Å². The second kappa shape index (κ2) is 8.33. The molecule has 3 N–H and O–H groups in total. The molecule has 0 aliphatic carbocycles. The van der Waals surface area contributed by atoms with Gasteiger partial charge in [-0.3, -0.25) is 9.59 Å². The zero-order valence-electron chi connectivity index (χ0n) is 16.2. The Labute approximate surface area is 172 Å². The summed E-state index contributed by atoms with van der Waals surface area (Å²) >= 11 is 0. The van der Waals surface area contributed by atoms with Crippen LogP contribution < -0.4 is 10.5 Å². The van der Waals surface area contributed by atoms with E-state index in [9.17, 15) is 18.0 Å². The molecule has 0 saturated carbocycles. The Hall–Kier alpha value is -3.73. The van der Waals surface area contributed by atoms with Crippen LogP contribution in [0.5, 0.6) is 0 Å². The highest BCUT2D eigenvalue weighted by atomic mass is 32.2. The molecule has 0 atom stereocenters. The van der Waals surface area contributed by atoms with E-state index in [0.717, 1.165) is 6.92 Å². The molecule has 11 heteroatoms. The van der Waals surface area contributed by atoms with Crippen molar-refractivity contribution in [2.24, 2.45) is 0 Å². The Morgan fingerprint density at radius 3 is 2.27 bits per heavy atom. The lowest BCUT2D eigenvalue weighted by atomic mass is 10.1. The van der Waals surface area contributed by atoms with E-state index in [1.165, 1.54) is 30.5 Å². The number of sulfonamides is 1. The summed E-state index contributed by atoms with van der Waals surface area (Å²) in [6.07, 6.45) is 4.52. The first-order valence-electron chi connectivity index (χ1n) is 8.73. The van der Waals surface area contributed by atoms with Crippen LogP contribution in [0, 0.1) is 6.92 Å². The number of nitrogens with zero attached hydrogens (tertiary/aromatic N) is 4. The van der Waals surface area contributed by atoms with Gasteiger partial charge in [0, 0.05) is 31.3 Å². The molecular formula is C19H18N6O4S. The molecule has 2 aromatic heterocycles. The van der Waals surface area contributed by atoms with E-state index >= 15 is 0 Å². The Kier molecular flexibility index (Phi) is 5.83. The molecular weight excluding hydrogens is 408 g/mol. The molecule has 0 radical (unpaired) electrons. The molecule has 30 heavy (non-hydrogen) atoms. The van der Waals surface area contributed by atoms with Crippen molar-refractivity contribution in [3.8, 4) is 11.3 Å². The van der Waals surface area contributed by atoms with Crippen molar-refractivity contribution in [2.45, 2.75) is 25.2 Å². The maximum absolute atomic E-state index is 12.7. The number of carbonyl (C=O) groups excluding carboxylic acids is 2. The van der Waals surface area contributed by atoms with E-state index in [1.54, 1.807) is 19.3 Å². The lowest BCUT2D eigenvalue weighted by Crippen LogP contribution is -2.28. The number of ketones is 1. The molecule has 1 aromatic carbocycles. The summed E-state index contributed by atoms with van der Waals surface area (Å²) in [4.78, 5) is 40.2. The second-order valence-corrected chi connectivity index (χ2v) is 8.10. The van der Waals surface area contributed by atoms with Gasteiger partial charge >= 0.3 is 0 Å². The largest absolute Gasteiger partial charge is 0.382 e. The second-order valence-electron chi connectivity index (χ2n) is 6.41. The number of Topliss-reactive ketones (excluding diaryl/α,β-unsaturated/α-hetero) is 1. The number of anilines is 1. The molecule has 154 valence electrons. The van der Waals surface area contributed by atoms with Gasteiger partial charge in [-0.15, -0.1) is 0 Å². The number of hydrogen-bond donors (Lipinski definition) is 2. The van der Waals surface area contributed by atoms with Gasteiger partial charge in [0.1, 0.15) is 11.5 Å². The van der Waals surface area contributed by atoms with Crippen LogP contribution >= 0.6 is 0 Å². The van der Waals surface area contributed by atoms with Crippen molar-refractivity contribution in [3.05, 3.63) is 59.9 Å². The molecule has 0 aliphatic heterocycles. The van der Waals surface area contributed by atoms with Gasteiger partial charge in [0.05, 0.1) is 16.8 Å². The first kappa shape index (κ1) is 21.0. The van der Waals surface area contributed by atoms with Gasteiger partial charge in [-0.05, 0) is 24.6 Å². The number of benzene rings is 1. The maximum Gasteiger partial charge on any atom is 0.264 e. The zero-order chi connectivity index (χ0) is 21.9. The van der Waals surface area contributed by atoms with Crippen LogP contribution in [0.2, 0.25) is 0 Å². The Morgan fingerprint density at radius 2 is 1.67 bits per heavy atom. The van der Waals surface area contributed by atoms with E-state index in [1.807, 2.05) is 4.72 Å². The minimum absolute atomic E-state index is 0.00280. The fourth-order valence-corrected chi connectivity index (χ4v) is 3.56. The molecule has 3 aromatic rings. The van der Waals surface area contributed by atoms with Gasteiger partial charge in [-0.1, -0.05) is 12.1 Å². The quantitative estimate of drug-likeness (QED) is 0.550. The van der Waals surface area contributed by atoms with Gasteiger partial charge in [0.2, 0.25) is 5.91 Å². The van der Waals surface area contributed by atoms with Crippen molar-refractivity contribution < 1.29 is 18.0 Å².